The lowest BCUT2D eigenvalue weighted by atomic mass is 10.2. The van der Waals surface area contributed by atoms with Gasteiger partial charge in [-0.3, -0.25) is 9.59 Å². The number of hydrogen-bond acceptors (Lipinski definition) is 4. The zero-order valence-electron chi connectivity index (χ0n) is 13.9. The maximum absolute atomic E-state index is 11.8. The molecule has 2 amide bonds. The van der Waals surface area contributed by atoms with E-state index in [1.807, 2.05) is 62.3 Å². The molecule has 0 unspecified atom stereocenters. The van der Waals surface area contributed by atoms with Crippen LogP contribution in [0.4, 0.5) is 11.4 Å². The first-order valence-corrected chi connectivity index (χ1v) is 7.44. The topological polar surface area (TPSA) is 73.8 Å². The highest BCUT2D eigenvalue weighted by molar-refractivity contribution is 6.39. The first-order valence-electron chi connectivity index (χ1n) is 7.44. The zero-order valence-corrected chi connectivity index (χ0v) is 13.9. The van der Waals surface area contributed by atoms with Crippen molar-refractivity contribution in [1.82, 2.24) is 5.43 Å². The molecule has 24 heavy (non-hydrogen) atoms. The summed E-state index contributed by atoms with van der Waals surface area (Å²) in [6.07, 6.45) is 1.48. The van der Waals surface area contributed by atoms with Crippen LogP contribution < -0.4 is 15.6 Å². The second-order valence-corrected chi connectivity index (χ2v) is 5.51. The molecule has 0 atom stereocenters. The van der Waals surface area contributed by atoms with Gasteiger partial charge in [-0.15, -0.1) is 0 Å². The van der Waals surface area contributed by atoms with Gasteiger partial charge in [0.1, 0.15) is 0 Å². The van der Waals surface area contributed by atoms with Crippen molar-refractivity contribution in [2.24, 2.45) is 5.10 Å². The third-order valence-corrected chi connectivity index (χ3v) is 3.30. The molecule has 124 valence electrons. The van der Waals surface area contributed by atoms with E-state index in [0.29, 0.717) is 5.69 Å². The van der Waals surface area contributed by atoms with Gasteiger partial charge >= 0.3 is 11.8 Å². The fourth-order valence-electron chi connectivity index (χ4n) is 1.90. The Kier molecular flexibility index (Phi) is 5.68. The van der Waals surface area contributed by atoms with Crippen molar-refractivity contribution in [2.45, 2.75) is 6.92 Å². The van der Waals surface area contributed by atoms with E-state index in [-0.39, 0.29) is 0 Å². The van der Waals surface area contributed by atoms with Crippen LogP contribution in [0.5, 0.6) is 0 Å². The second-order valence-electron chi connectivity index (χ2n) is 5.51. The van der Waals surface area contributed by atoms with Crippen LogP contribution in [0.2, 0.25) is 0 Å². The molecule has 0 fully saturated rings. The minimum Gasteiger partial charge on any atom is -0.378 e. The zero-order chi connectivity index (χ0) is 17.5. The Labute approximate surface area is 141 Å². The Morgan fingerprint density at radius 3 is 2.17 bits per heavy atom. The van der Waals surface area contributed by atoms with Gasteiger partial charge in [0.05, 0.1) is 6.21 Å². The van der Waals surface area contributed by atoms with Crippen LogP contribution in [0, 0.1) is 6.92 Å². The summed E-state index contributed by atoms with van der Waals surface area (Å²) in [5.41, 5.74) is 5.72. The van der Waals surface area contributed by atoms with Gasteiger partial charge < -0.3 is 10.2 Å². The lowest BCUT2D eigenvalue weighted by Gasteiger charge is -2.11. The Bertz CT molecular complexity index is 735. The standard InChI is InChI=1S/C18H20N4O2/c1-13-4-8-15(9-5-13)20-17(23)18(24)21-19-12-14-6-10-16(11-7-14)22(2)3/h4-12H,1-3H3,(H,20,23)(H,21,24)/b19-12-. The van der Waals surface area contributed by atoms with Crippen LogP contribution in [0.1, 0.15) is 11.1 Å². The summed E-state index contributed by atoms with van der Waals surface area (Å²) in [6.45, 7) is 1.94. The molecule has 0 radical (unpaired) electrons. The summed E-state index contributed by atoms with van der Waals surface area (Å²) in [6, 6.07) is 14.8. The van der Waals surface area contributed by atoms with E-state index >= 15 is 0 Å². The fraction of sp³-hybridized carbons (Fsp3) is 0.167. The quantitative estimate of drug-likeness (QED) is 0.514. The molecule has 0 aliphatic carbocycles. The molecule has 0 aliphatic heterocycles. The third kappa shape index (κ3) is 4.95. The molecule has 2 rings (SSSR count). The number of carbonyl (C=O) groups excluding carboxylic acids is 2. The summed E-state index contributed by atoms with van der Waals surface area (Å²) in [4.78, 5) is 25.4. The summed E-state index contributed by atoms with van der Waals surface area (Å²) in [7, 11) is 3.91. The minimum absolute atomic E-state index is 0.559. The van der Waals surface area contributed by atoms with Crippen LogP contribution in [0.3, 0.4) is 0 Å². The van der Waals surface area contributed by atoms with Gasteiger partial charge in [-0.1, -0.05) is 29.8 Å². The summed E-state index contributed by atoms with van der Waals surface area (Å²) in [5, 5.41) is 6.30. The van der Waals surface area contributed by atoms with E-state index in [2.05, 4.69) is 15.8 Å². The number of hydrazone groups is 1. The third-order valence-electron chi connectivity index (χ3n) is 3.30. The molecule has 6 nitrogen and oxygen atoms in total. The van der Waals surface area contributed by atoms with Crippen LogP contribution in [0.25, 0.3) is 0 Å². The molecule has 2 N–H and O–H groups in total. The van der Waals surface area contributed by atoms with Crippen molar-refractivity contribution in [3.8, 4) is 0 Å². The number of amides is 2. The summed E-state index contributed by atoms with van der Waals surface area (Å²) < 4.78 is 0. The lowest BCUT2D eigenvalue weighted by molar-refractivity contribution is -0.136. The molecule has 2 aromatic rings. The number of nitrogens with zero attached hydrogens (tertiary/aromatic N) is 2. The molecular weight excluding hydrogens is 304 g/mol. The van der Waals surface area contributed by atoms with Crippen molar-refractivity contribution in [2.75, 3.05) is 24.3 Å². The van der Waals surface area contributed by atoms with Crippen molar-refractivity contribution in [1.29, 1.82) is 0 Å². The van der Waals surface area contributed by atoms with Gasteiger partial charge in [-0.05, 0) is 36.8 Å². The molecular formula is C18H20N4O2. The highest BCUT2D eigenvalue weighted by atomic mass is 16.2. The first kappa shape index (κ1) is 17.2. The second kappa shape index (κ2) is 7.92. The average molecular weight is 324 g/mol. The van der Waals surface area contributed by atoms with E-state index in [1.54, 1.807) is 12.1 Å². The number of aryl methyl sites for hydroxylation is 1. The van der Waals surface area contributed by atoms with Crippen molar-refractivity contribution in [3.05, 3.63) is 59.7 Å². The molecule has 0 aromatic heterocycles. The Morgan fingerprint density at radius 1 is 0.958 bits per heavy atom. The smallest absolute Gasteiger partial charge is 0.329 e. The monoisotopic (exact) mass is 324 g/mol. The molecule has 0 saturated carbocycles. The molecule has 2 aromatic carbocycles. The molecule has 0 saturated heterocycles. The van der Waals surface area contributed by atoms with Crippen molar-refractivity contribution >= 4 is 29.4 Å². The van der Waals surface area contributed by atoms with E-state index in [4.69, 9.17) is 0 Å². The maximum atomic E-state index is 11.8. The average Bonchev–Trinajstić information content (AvgIpc) is 2.57. The molecule has 0 bridgehead atoms. The molecule has 6 heteroatoms. The predicted molar refractivity (Wildman–Crippen MR) is 96.3 cm³/mol. The number of benzene rings is 2. The number of hydrogen-bond donors (Lipinski definition) is 2. The molecule has 0 heterocycles. The SMILES string of the molecule is Cc1ccc(NC(=O)C(=O)N/N=C\c2ccc(N(C)C)cc2)cc1. The predicted octanol–water partition coefficient (Wildman–Crippen LogP) is 2.15. The number of rotatable bonds is 4. The van der Waals surface area contributed by atoms with Gasteiger partial charge in [0.15, 0.2) is 0 Å². The number of carbonyl (C=O) groups is 2. The first-order chi connectivity index (χ1) is 11.5. The van der Waals surface area contributed by atoms with E-state index < -0.39 is 11.8 Å². The molecule has 0 spiro atoms. The van der Waals surface area contributed by atoms with Crippen LogP contribution >= 0.6 is 0 Å². The van der Waals surface area contributed by atoms with Crippen LogP contribution in [-0.4, -0.2) is 32.1 Å². The molecule has 0 aliphatic rings. The van der Waals surface area contributed by atoms with Gasteiger partial charge in [0.25, 0.3) is 0 Å². The largest absolute Gasteiger partial charge is 0.378 e. The van der Waals surface area contributed by atoms with Crippen LogP contribution in [-0.2, 0) is 9.59 Å². The highest BCUT2D eigenvalue weighted by Crippen LogP contribution is 2.11. The Hall–Kier alpha value is -3.15. The summed E-state index contributed by atoms with van der Waals surface area (Å²) in [5.74, 6) is -1.59. The lowest BCUT2D eigenvalue weighted by Crippen LogP contribution is -2.32. The number of anilines is 2. The van der Waals surface area contributed by atoms with Gasteiger partial charge in [0.2, 0.25) is 0 Å². The Balaban J connectivity index is 1.87. The van der Waals surface area contributed by atoms with Crippen molar-refractivity contribution in [3.63, 3.8) is 0 Å². The highest BCUT2D eigenvalue weighted by Gasteiger charge is 2.12. The fourth-order valence-corrected chi connectivity index (χ4v) is 1.90. The van der Waals surface area contributed by atoms with Gasteiger partial charge in [0, 0.05) is 25.5 Å². The Morgan fingerprint density at radius 2 is 1.58 bits per heavy atom. The minimum atomic E-state index is -0.822. The normalized spacial score (nSPS) is 10.5. The number of nitrogens with one attached hydrogen (secondary N) is 2. The summed E-state index contributed by atoms with van der Waals surface area (Å²) >= 11 is 0. The van der Waals surface area contributed by atoms with E-state index in [9.17, 15) is 9.59 Å². The van der Waals surface area contributed by atoms with Crippen LogP contribution in [0.15, 0.2) is 53.6 Å². The van der Waals surface area contributed by atoms with Gasteiger partial charge in [-0.25, -0.2) is 5.43 Å². The van der Waals surface area contributed by atoms with E-state index in [0.717, 1.165) is 16.8 Å². The maximum Gasteiger partial charge on any atom is 0.329 e. The van der Waals surface area contributed by atoms with E-state index in [1.165, 1.54) is 6.21 Å². The van der Waals surface area contributed by atoms with Crippen molar-refractivity contribution < 1.29 is 9.59 Å². The van der Waals surface area contributed by atoms with Gasteiger partial charge in [-0.2, -0.15) is 5.10 Å².